The fourth-order valence-corrected chi connectivity index (χ4v) is 4.70. The highest BCUT2D eigenvalue weighted by Gasteiger charge is 2.30. The first-order valence-corrected chi connectivity index (χ1v) is 10.4. The monoisotopic (exact) mass is 395 g/mol. The summed E-state index contributed by atoms with van der Waals surface area (Å²) in [5.74, 6) is 0.449. The minimum Gasteiger partial charge on any atom is -0.396 e. The molecule has 0 aromatic heterocycles. The van der Waals surface area contributed by atoms with E-state index in [0.717, 1.165) is 17.7 Å². The van der Waals surface area contributed by atoms with Gasteiger partial charge in [-0.25, -0.2) is 9.18 Å². The second-order valence-electron chi connectivity index (χ2n) is 6.93. The average molecular weight is 396 g/mol. The molecule has 1 atom stereocenters. The average Bonchev–Trinajstić information content (AvgIpc) is 2.69. The normalized spacial score (nSPS) is 20.1. The Morgan fingerprint density at radius 3 is 2.78 bits per heavy atom. The summed E-state index contributed by atoms with van der Waals surface area (Å²) in [6, 6.07) is 4.68. The molecular formula is C19H26FN3O3S. The predicted octanol–water partition coefficient (Wildman–Crippen LogP) is 2.28. The van der Waals surface area contributed by atoms with E-state index in [2.05, 4.69) is 10.6 Å². The highest BCUT2D eigenvalue weighted by molar-refractivity contribution is 7.99. The number of likely N-dealkylation sites (tertiary alicyclic amines) is 1. The van der Waals surface area contributed by atoms with E-state index in [-0.39, 0.29) is 36.3 Å². The third kappa shape index (κ3) is 4.93. The minimum absolute atomic E-state index is 0.00258. The molecule has 1 aromatic rings. The van der Waals surface area contributed by atoms with E-state index >= 15 is 0 Å². The van der Waals surface area contributed by atoms with Crippen molar-refractivity contribution < 1.29 is 19.1 Å². The molecule has 0 bridgehead atoms. The number of aliphatic hydroxyl groups is 1. The van der Waals surface area contributed by atoms with Crippen LogP contribution < -0.4 is 10.6 Å². The van der Waals surface area contributed by atoms with Crippen LogP contribution in [0.5, 0.6) is 0 Å². The second-order valence-corrected chi connectivity index (χ2v) is 8.03. The molecule has 6 nitrogen and oxygen atoms in total. The third-order valence-corrected chi connectivity index (χ3v) is 6.27. The van der Waals surface area contributed by atoms with Crippen molar-refractivity contribution in [1.82, 2.24) is 15.5 Å². The smallest absolute Gasteiger partial charge is 0.317 e. The maximum absolute atomic E-state index is 14.0. The summed E-state index contributed by atoms with van der Waals surface area (Å²) in [6.07, 6.45) is 2.58. The van der Waals surface area contributed by atoms with Crippen LogP contribution in [0.4, 0.5) is 9.18 Å². The highest BCUT2D eigenvalue weighted by atomic mass is 32.2. The van der Waals surface area contributed by atoms with Crippen molar-refractivity contribution in [2.24, 2.45) is 5.92 Å². The first-order chi connectivity index (χ1) is 13.1. The van der Waals surface area contributed by atoms with Crippen LogP contribution in [0.25, 0.3) is 0 Å². The number of benzene rings is 1. The molecule has 2 aliphatic heterocycles. The quantitative estimate of drug-likeness (QED) is 0.668. The summed E-state index contributed by atoms with van der Waals surface area (Å²) in [4.78, 5) is 27.1. The molecule has 3 rings (SSSR count). The number of thioether (sulfide) groups is 1. The number of hydrogen-bond donors (Lipinski definition) is 3. The number of hydrogen-bond acceptors (Lipinski definition) is 4. The summed E-state index contributed by atoms with van der Waals surface area (Å²) in [5.41, 5.74) is 0.845. The van der Waals surface area contributed by atoms with Gasteiger partial charge in [0.1, 0.15) is 5.82 Å². The Morgan fingerprint density at radius 2 is 2.04 bits per heavy atom. The number of amides is 3. The topological polar surface area (TPSA) is 81.7 Å². The van der Waals surface area contributed by atoms with Crippen LogP contribution in [0.2, 0.25) is 0 Å². The Bertz CT molecular complexity index is 680. The number of carbonyl (C=O) groups excluding carboxylic acids is 2. The van der Waals surface area contributed by atoms with Gasteiger partial charge >= 0.3 is 6.03 Å². The summed E-state index contributed by atoms with van der Waals surface area (Å²) in [6.45, 7) is 1.60. The van der Waals surface area contributed by atoms with Crippen molar-refractivity contribution >= 4 is 23.7 Å². The van der Waals surface area contributed by atoms with Gasteiger partial charge in [0.15, 0.2) is 0 Å². The Kier molecular flexibility index (Phi) is 6.95. The van der Waals surface area contributed by atoms with Crippen molar-refractivity contribution in [3.63, 3.8) is 0 Å². The SMILES string of the molecule is O=C(NCCCO)C1CCN(C(=O)N[C@H]2CCSc3c(F)cccc32)CC1. The molecule has 3 N–H and O–H groups in total. The number of urea groups is 1. The van der Waals surface area contributed by atoms with Gasteiger partial charge in [-0.3, -0.25) is 4.79 Å². The van der Waals surface area contributed by atoms with Gasteiger partial charge in [-0.05, 0) is 37.3 Å². The van der Waals surface area contributed by atoms with E-state index in [1.165, 1.54) is 17.8 Å². The standard InChI is InChI=1S/C19H26FN3O3S/c20-15-4-1-3-14-16(7-12-27-17(14)15)22-19(26)23-9-5-13(6-10-23)18(25)21-8-2-11-24/h1,3-4,13,16,24H,2,5-12H2,(H,21,25)(H,22,26)/t16-/m0/s1. The molecule has 0 spiro atoms. The van der Waals surface area contributed by atoms with Gasteiger partial charge in [0.2, 0.25) is 5.91 Å². The lowest BCUT2D eigenvalue weighted by Gasteiger charge is -2.34. The number of piperidine rings is 1. The fourth-order valence-electron chi connectivity index (χ4n) is 3.56. The molecule has 1 fully saturated rings. The van der Waals surface area contributed by atoms with E-state index in [1.54, 1.807) is 11.0 Å². The molecule has 0 saturated carbocycles. The Hall–Kier alpha value is -1.80. The molecule has 3 amide bonds. The van der Waals surface area contributed by atoms with Crippen LogP contribution in [0.15, 0.2) is 23.1 Å². The maximum Gasteiger partial charge on any atom is 0.317 e. The van der Waals surface area contributed by atoms with Crippen molar-refractivity contribution in [2.75, 3.05) is 32.0 Å². The number of halogens is 1. The molecular weight excluding hydrogens is 369 g/mol. The summed E-state index contributed by atoms with van der Waals surface area (Å²) in [7, 11) is 0. The van der Waals surface area contributed by atoms with Crippen molar-refractivity contribution in [1.29, 1.82) is 0 Å². The van der Waals surface area contributed by atoms with E-state index in [0.29, 0.717) is 43.8 Å². The maximum atomic E-state index is 14.0. The van der Waals surface area contributed by atoms with Crippen LogP contribution in [-0.2, 0) is 4.79 Å². The highest BCUT2D eigenvalue weighted by Crippen LogP contribution is 2.37. The molecule has 2 heterocycles. The van der Waals surface area contributed by atoms with Crippen LogP contribution in [0.1, 0.15) is 37.3 Å². The van der Waals surface area contributed by atoms with E-state index in [9.17, 15) is 14.0 Å². The molecule has 148 valence electrons. The van der Waals surface area contributed by atoms with Gasteiger partial charge in [0.05, 0.1) is 6.04 Å². The zero-order chi connectivity index (χ0) is 19.2. The van der Waals surface area contributed by atoms with Gasteiger partial charge in [-0.1, -0.05) is 12.1 Å². The number of rotatable bonds is 5. The number of nitrogens with zero attached hydrogens (tertiary/aromatic N) is 1. The van der Waals surface area contributed by atoms with Crippen molar-refractivity contribution in [3.05, 3.63) is 29.6 Å². The number of fused-ring (bicyclic) bond motifs is 1. The first-order valence-electron chi connectivity index (χ1n) is 9.45. The Labute approximate surface area is 162 Å². The summed E-state index contributed by atoms with van der Waals surface area (Å²) in [5, 5.41) is 14.6. The molecule has 0 radical (unpaired) electrons. The number of carbonyl (C=O) groups is 2. The largest absolute Gasteiger partial charge is 0.396 e. The van der Waals surface area contributed by atoms with Gasteiger partial charge < -0.3 is 20.6 Å². The minimum atomic E-state index is -0.232. The molecule has 1 aromatic carbocycles. The van der Waals surface area contributed by atoms with Crippen molar-refractivity contribution in [2.45, 2.75) is 36.6 Å². The molecule has 0 unspecified atom stereocenters. The fraction of sp³-hybridized carbons (Fsp3) is 0.579. The van der Waals surface area contributed by atoms with Gasteiger partial charge in [0, 0.05) is 42.8 Å². The lowest BCUT2D eigenvalue weighted by atomic mass is 9.96. The summed E-state index contributed by atoms with van der Waals surface area (Å²) >= 11 is 1.49. The number of nitrogens with one attached hydrogen (secondary N) is 2. The van der Waals surface area contributed by atoms with E-state index in [1.807, 2.05) is 6.07 Å². The molecule has 2 aliphatic rings. The van der Waals surface area contributed by atoms with Gasteiger partial charge in [-0.15, -0.1) is 11.8 Å². The summed E-state index contributed by atoms with van der Waals surface area (Å²) < 4.78 is 14.0. The third-order valence-electron chi connectivity index (χ3n) is 5.11. The Morgan fingerprint density at radius 1 is 1.26 bits per heavy atom. The van der Waals surface area contributed by atoms with E-state index in [4.69, 9.17) is 5.11 Å². The second kappa shape index (κ2) is 9.41. The number of aliphatic hydroxyl groups excluding tert-OH is 1. The molecule has 8 heteroatoms. The Balaban J connectivity index is 1.51. The molecule has 27 heavy (non-hydrogen) atoms. The first kappa shape index (κ1) is 19.9. The van der Waals surface area contributed by atoms with Crippen LogP contribution in [0.3, 0.4) is 0 Å². The van der Waals surface area contributed by atoms with Crippen LogP contribution >= 0.6 is 11.8 Å². The molecule has 1 saturated heterocycles. The van der Waals surface area contributed by atoms with Crippen molar-refractivity contribution in [3.8, 4) is 0 Å². The zero-order valence-corrected chi connectivity index (χ0v) is 16.1. The zero-order valence-electron chi connectivity index (χ0n) is 15.2. The van der Waals surface area contributed by atoms with E-state index < -0.39 is 0 Å². The lowest BCUT2D eigenvalue weighted by Crippen LogP contribution is -2.48. The lowest BCUT2D eigenvalue weighted by molar-refractivity contribution is -0.126. The molecule has 0 aliphatic carbocycles. The van der Waals surface area contributed by atoms with Gasteiger partial charge in [0.25, 0.3) is 0 Å². The van der Waals surface area contributed by atoms with Gasteiger partial charge in [-0.2, -0.15) is 0 Å². The van der Waals surface area contributed by atoms with Crippen LogP contribution in [0, 0.1) is 11.7 Å². The van der Waals surface area contributed by atoms with Crippen LogP contribution in [-0.4, -0.2) is 53.9 Å². The predicted molar refractivity (Wildman–Crippen MR) is 102 cm³/mol.